The van der Waals surface area contributed by atoms with Gasteiger partial charge in [0.15, 0.2) is 0 Å². The predicted molar refractivity (Wildman–Crippen MR) is 28.6 cm³/mol. The highest BCUT2D eigenvalue weighted by molar-refractivity contribution is 4.77. The van der Waals surface area contributed by atoms with Gasteiger partial charge in [0.2, 0.25) is 0 Å². The number of nitrogens with zero attached hydrogens (tertiary/aromatic N) is 1. The predicted octanol–water partition coefficient (Wildman–Crippen LogP) is -0.169. The number of hydrogen-bond acceptors (Lipinski definition) is 3. The van der Waals surface area contributed by atoms with E-state index in [0.29, 0.717) is 13.0 Å². The van der Waals surface area contributed by atoms with Crippen LogP contribution in [-0.4, -0.2) is 34.1 Å². The van der Waals surface area contributed by atoms with E-state index in [2.05, 4.69) is 0 Å². The zero-order chi connectivity index (χ0) is 6.15. The topological polar surface area (TPSA) is 43.7 Å². The molecule has 1 aliphatic heterocycles. The number of rotatable bonds is 0. The molecule has 48 valence electrons. The Morgan fingerprint density at radius 2 is 2.25 bits per heavy atom. The molecule has 0 aromatic heterocycles. The van der Waals surface area contributed by atoms with E-state index < -0.39 is 0 Å². The summed E-state index contributed by atoms with van der Waals surface area (Å²) in [6, 6.07) is -0.0741. The number of hydroxylamine groups is 2. The lowest BCUT2D eigenvalue weighted by molar-refractivity contribution is -0.110. The molecular formula is C5H11NO2. The lowest BCUT2D eigenvalue weighted by Gasteiger charge is -2.13. The minimum Gasteiger partial charge on any atom is -0.391 e. The van der Waals surface area contributed by atoms with E-state index in [1.165, 1.54) is 5.06 Å². The summed E-state index contributed by atoms with van der Waals surface area (Å²) >= 11 is 0. The second-order valence-corrected chi connectivity index (χ2v) is 2.26. The van der Waals surface area contributed by atoms with Gasteiger partial charge in [-0.25, -0.2) is 0 Å². The van der Waals surface area contributed by atoms with E-state index in [0.717, 1.165) is 0 Å². The molecule has 1 saturated heterocycles. The lowest BCUT2D eigenvalue weighted by Crippen LogP contribution is -2.28. The highest BCUT2D eigenvalue weighted by Crippen LogP contribution is 2.13. The summed E-state index contributed by atoms with van der Waals surface area (Å²) in [7, 11) is 0. The Balaban J connectivity index is 2.44. The largest absolute Gasteiger partial charge is 0.391 e. The Kier molecular flexibility index (Phi) is 1.51. The highest BCUT2D eigenvalue weighted by Gasteiger charge is 2.27. The molecule has 0 bridgehead atoms. The maximum absolute atomic E-state index is 8.97. The average molecular weight is 117 g/mol. The smallest absolute Gasteiger partial charge is 0.0729 e. The maximum atomic E-state index is 8.97. The normalized spacial score (nSPS) is 40.9. The fourth-order valence-electron chi connectivity index (χ4n) is 0.908. The van der Waals surface area contributed by atoms with Crippen LogP contribution < -0.4 is 0 Å². The van der Waals surface area contributed by atoms with Crippen molar-refractivity contribution in [3.8, 4) is 0 Å². The van der Waals surface area contributed by atoms with Gasteiger partial charge < -0.3 is 10.3 Å². The van der Waals surface area contributed by atoms with E-state index in [-0.39, 0.29) is 12.1 Å². The van der Waals surface area contributed by atoms with Gasteiger partial charge >= 0.3 is 0 Å². The van der Waals surface area contributed by atoms with E-state index >= 15 is 0 Å². The van der Waals surface area contributed by atoms with Crippen molar-refractivity contribution in [3.63, 3.8) is 0 Å². The Morgan fingerprint density at radius 3 is 2.38 bits per heavy atom. The van der Waals surface area contributed by atoms with Crippen LogP contribution in [0, 0.1) is 0 Å². The molecule has 0 unspecified atom stereocenters. The number of hydrogen-bond donors (Lipinski definition) is 2. The third-order valence-corrected chi connectivity index (χ3v) is 1.68. The van der Waals surface area contributed by atoms with Gasteiger partial charge in [-0.15, -0.1) is 0 Å². The van der Waals surface area contributed by atoms with E-state index in [9.17, 15) is 0 Å². The molecule has 8 heavy (non-hydrogen) atoms. The van der Waals surface area contributed by atoms with Gasteiger partial charge in [-0.3, -0.25) is 0 Å². The molecule has 3 heteroatoms. The molecular weight excluding hydrogens is 106 g/mol. The van der Waals surface area contributed by atoms with Crippen LogP contribution in [0.1, 0.15) is 13.3 Å². The molecule has 0 aromatic carbocycles. The first-order chi connectivity index (χ1) is 3.72. The minimum absolute atomic E-state index is 0.0741. The Hall–Kier alpha value is -0.120. The molecule has 3 nitrogen and oxygen atoms in total. The van der Waals surface area contributed by atoms with Gasteiger partial charge in [-0.05, 0) is 13.3 Å². The van der Waals surface area contributed by atoms with Crippen molar-refractivity contribution >= 4 is 0 Å². The molecule has 1 aliphatic rings. The first-order valence-corrected chi connectivity index (χ1v) is 2.85. The lowest BCUT2D eigenvalue weighted by atomic mass is 10.2. The molecule has 0 amide bonds. The maximum Gasteiger partial charge on any atom is 0.0729 e. The summed E-state index contributed by atoms with van der Waals surface area (Å²) in [5, 5.41) is 19.0. The second-order valence-electron chi connectivity index (χ2n) is 2.26. The Bertz CT molecular complexity index is 76.5. The van der Waals surface area contributed by atoms with Crippen LogP contribution in [0.15, 0.2) is 0 Å². The summed E-state index contributed by atoms with van der Waals surface area (Å²) in [4.78, 5) is 0. The standard InChI is InChI=1S/C5H11NO2/c1-4-5(7)2-3-6(4)8/h4-5,7-8H,2-3H2,1H3/t4-,5-/m0/s1. The molecule has 0 spiro atoms. The number of aliphatic hydroxyl groups excluding tert-OH is 1. The van der Waals surface area contributed by atoms with E-state index in [1.54, 1.807) is 6.92 Å². The van der Waals surface area contributed by atoms with Crippen LogP contribution >= 0.6 is 0 Å². The first kappa shape index (κ1) is 6.01. The van der Waals surface area contributed by atoms with Gasteiger partial charge in [0.1, 0.15) is 0 Å². The van der Waals surface area contributed by atoms with Crippen LogP contribution in [0.3, 0.4) is 0 Å². The molecule has 0 aliphatic carbocycles. The monoisotopic (exact) mass is 117 g/mol. The van der Waals surface area contributed by atoms with Gasteiger partial charge in [0.25, 0.3) is 0 Å². The fraction of sp³-hybridized carbons (Fsp3) is 1.00. The molecule has 1 rings (SSSR count). The van der Waals surface area contributed by atoms with Crippen LogP contribution in [0.5, 0.6) is 0 Å². The third kappa shape index (κ3) is 0.844. The molecule has 2 atom stereocenters. The van der Waals surface area contributed by atoms with Gasteiger partial charge in [-0.2, -0.15) is 5.06 Å². The Morgan fingerprint density at radius 1 is 1.62 bits per heavy atom. The molecule has 0 aromatic rings. The zero-order valence-electron chi connectivity index (χ0n) is 4.91. The summed E-state index contributed by atoms with van der Waals surface area (Å²) in [5.41, 5.74) is 0. The zero-order valence-corrected chi connectivity index (χ0v) is 4.91. The second kappa shape index (κ2) is 2.01. The first-order valence-electron chi connectivity index (χ1n) is 2.85. The molecule has 1 fully saturated rings. The van der Waals surface area contributed by atoms with Crippen molar-refractivity contribution in [2.75, 3.05) is 6.54 Å². The molecule has 1 heterocycles. The van der Waals surface area contributed by atoms with E-state index in [4.69, 9.17) is 10.3 Å². The highest BCUT2D eigenvalue weighted by atomic mass is 16.5. The average Bonchev–Trinajstić information content (AvgIpc) is 1.98. The molecule has 2 N–H and O–H groups in total. The quantitative estimate of drug-likeness (QED) is 0.463. The molecule has 0 saturated carbocycles. The van der Waals surface area contributed by atoms with Crippen molar-refractivity contribution in [1.82, 2.24) is 5.06 Å². The molecule has 0 radical (unpaired) electrons. The van der Waals surface area contributed by atoms with Gasteiger partial charge in [0.05, 0.1) is 12.1 Å². The number of aliphatic hydroxyl groups is 1. The van der Waals surface area contributed by atoms with Crippen molar-refractivity contribution in [1.29, 1.82) is 0 Å². The van der Waals surface area contributed by atoms with Crippen LogP contribution in [0.2, 0.25) is 0 Å². The fourth-order valence-corrected chi connectivity index (χ4v) is 0.908. The van der Waals surface area contributed by atoms with E-state index in [1.807, 2.05) is 0 Å². The summed E-state index contributed by atoms with van der Waals surface area (Å²) in [6.45, 7) is 2.40. The summed E-state index contributed by atoms with van der Waals surface area (Å²) < 4.78 is 0. The Labute approximate surface area is 48.5 Å². The third-order valence-electron chi connectivity index (χ3n) is 1.68. The van der Waals surface area contributed by atoms with Gasteiger partial charge in [0, 0.05) is 6.54 Å². The SMILES string of the molecule is C[C@H]1[C@@H](O)CCN1O. The van der Waals surface area contributed by atoms with Crippen molar-refractivity contribution in [2.45, 2.75) is 25.5 Å². The van der Waals surface area contributed by atoms with Crippen molar-refractivity contribution < 1.29 is 10.3 Å². The van der Waals surface area contributed by atoms with Crippen LogP contribution in [0.25, 0.3) is 0 Å². The van der Waals surface area contributed by atoms with Crippen molar-refractivity contribution in [2.24, 2.45) is 0 Å². The summed E-state index contributed by atoms with van der Waals surface area (Å²) in [6.07, 6.45) is 0.359. The minimum atomic E-state index is -0.333. The summed E-state index contributed by atoms with van der Waals surface area (Å²) in [5.74, 6) is 0. The van der Waals surface area contributed by atoms with Crippen molar-refractivity contribution in [3.05, 3.63) is 0 Å². The van der Waals surface area contributed by atoms with Crippen LogP contribution in [0.4, 0.5) is 0 Å². The van der Waals surface area contributed by atoms with Crippen LogP contribution in [-0.2, 0) is 0 Å². The van der Waals surface area contributed by atoms with Gasteiger partial charge in [-0.1, -0.05) is 0 Å².